The van der Waals surface area contributed by atoms with Crippen LogP contribution in [0.1, 0.15) is 21.5 Å². The smallest absolute Gasteiger partial charge is 0.398 e. The summed E-state index contributed by atoms with van der Waals surface area (Å²) in [5.74, 6) is -0.716. The van der Waals surface area contributed by atoms with Gasteiger partial charge in [0.05, 0.1) is 23.7 Å². The molecule has 1 saturated heterocycles. The Morgan fingerprint density at radius 3 is 2.50 bits per heavy atom. The number of hydrogen-bond acceptors (Lipinski definition) is 6. The molecule has 2 aromatic carbocycles. The summed E-state index contributed by atoms with van der Waals surface area (Å²) in [5, 5.41) is 13.2. The Bertz CT molecular complexity index is 959. The highest BCUT2D eigenvalue weighted by Crippen LogP contribution is 2.37. The van der Waals surface area contributed by atoms with E-state index in [1.807, 2.05) is 0 Å². The number of non-ortho nitro benzene ring substituents is 1. The van der Waals surface area contributed by atoms with Crippen LogP contribution >= 0.6 is 0 Å². The zero-order valence-corrected chi connectivity index (χ0v) is 15.7. The molecule has 3 rings (SSSR count). The third-order valence-electron chi connectivity index (χ3n) is 4.70. The minimum Gasteiger partial charge on any atom is -0.398 e. The summed E-state index contributed by atoms with van der Waals surface area (Å²) in [5.41, 5.74) is 5.01. The van der Waals surface area contributed by atoms with Crippen LogP contribution in [0.5, 0.6) is 0 Å². The number of carbonyl (C=O) groups is 1. The Hall–Kier alpha value is -3.34. The number of nitro benzene ring substituents is 1. The Morgan fingerprint density at radius 2 is 1.90 bits per heavy atom. The fourth-order valence-electron chi connectivity index (χ4n) is 3.12. The second-order valence-corrected chi connectivity index (χ2v) is 6.65. The summed E-state index contributed by atoms with van der Waals surface area (Å²) in [6.07, 6.45) is -4.63. The van der Waals surface area contributed by atoms with E-state index in [1.165, 1.54) is 24.3 Å². The van der Waals surface area contributed by atoms with E-state index in [2.05, 4.69) is 5.32 Å². The molecule has 2 aromatic rings. The van der Waals surface area contributed by atoms with Crippen LogP contribution in [-0.4, -0.2) is 37.1 Å². The molecule has 0 radical (unpaired) electrons. The zero-order valence-electron chi connectivity index (χ0n) is 15.7. The van der Waals surface area contributed by atoms with Crippen LogP contribution in [0.15, 0.2) is 36.4 Å². The number of rotatable bonds is 5. The normalized spacial score (nSPS) is 14.4. The minimum atomic E-state index is -4.63. The number of morpholine rings is 1. The lowest BCUT2D eigenvalue weighted by Gasteiger charge is -2.31. The summed E-state index contributed by atoms with van der Waals surface area (Å²) in [4.78, 5) is 24.1. The molecule has 0 bridgehead atoms. The van der Waals surface area contributed by atoms with E-state index in [9.17, 15) is 28.1 Å². The predicted octanol–water partition coefficient (Wildman–Crippen LogP) is 2.96. The largest absolute Gasteiger partial charge is 0.418 e. The number of benzene rings is 2. The van der Waals surface area contributed by atoms with Crippen molar-refractivity contribution in [3.63, 3.8) is 0 Å². The van der Waals surface area contributed by atoms with E-state index in [-0.39, 0.29) is 29.2 Å². The van der Waals surface area contributed by atoms with Crippen LogP contribution < -0.4 is 16.0 Å². The van der Waals surface area contributed by atoms with Gasteiger partial charge in [0, 0.05) is 48.7 Å². The van der Waals surface area contributed by atoms with Crippen LogP contribution in [0, 0.1) is 10.1 Å². The molecule has 8 nitrogen and oxygen atoms in total. The molecular weight excluding hydrogens is 405 g/mol. The third-order valence-corrected chi connectivity index (χ3v) is 4.70. The van der Waals surface area contributed by atoms with E-state index in [4.69, 9.17) is 10.5 Å². The van der Waals surface area contributed by atoms with Gasteiger partial charge >= 0.3 is 6.18 Å². The highest BCUT2D eigenvalue weighted by molar-refractivity contribution is 5.95. The molecule has 0 unspecified atom stereocenters. The molecule has 11 heteroatoms. The highest BCUT2D eigenvalue weighted by atomic mass is 19.4. The van der Waals surface area contributed by atoms with Crippen LogP contribution in [0.4, 0.5) is 30.2 Å². The van der Waals surface area contributed by atoms with Gasteiger partial charge in [-0.15, -0.1) is 0 Å². The number of nitrogens with one attached hydrogen (secondary N) is 1. The SMILES string of the molecule is Nc1cc([N+](=O)[O-])ccc1CNC(=O)c1ccc(N2CCOCC2)c(C(F)(F)F)c1. The lowest BCUT2D eigenvalue weighted by atomic mass is 10.1. The average Bonchev–Trinajstić information content (AvgIpc) is 2.72. The standard InChI is InChI=1S/C19H19F3N4O4/c20-19(21,22)15-9-12(2-4-17(15)25-5-7-30-8-6-25)18(27)24-11-13-1-3-14(26(28)29)10-16(13)23/h1-4,9-10H,5-8,11,23H2,(H,24,27). The quantitative estimate of drug-likeness (QED) is 0.434. The number of nitro groups is 1. The maximum Gasteiger partial charge on any atom is 0.418 e. The van der Waals surface area contributed by atoms with Crippen molar-refractivity contribution >= 4 is 23.0 Å². The van der Waals surface area contributed by atoms with Gasteiger partial charge in [-0.2, -0.15) is 13.2 Å². The maximum absolute atomic E-state index is 13.6. The van der Waals surface area contributed by atoms with Crippen molar-refractivity contribution in [3.8, 4) is 0 Å². The first-order valence-electron chi connectivity index (χ1n) is 9.02. The van der Waals surface area contributed by atoms with Gasteiger partial charge in [-0.1, -0.05) is 0 Å². The topological polar surface area (TPSA) is 111 Å². The number of anilines is 2. The summed E-state index contributed by atoms with van der Waals surface area (Å²) in [6, 6.07) is 7.20. The molecule has 3 N–H and O–H groups in total. The number of halogens is 3. The maximum atomic E-state index is 13.6. The molecule has 160 valence electrons. The molecule has 1 fully saturated rings. The van der Waals surface area contributed by atoms with Crippen molar-refractivity contribution in [2.75, 3.05) is 36.9 Å². The molecule has 30 heavy (non-hydrogen) atoms. The van der Waals surface area contributed by atoms with E-state index in [0.29, 0.717) is 31.9 Å². The van der Waals surface area contributed by atoms with Crippen molar-refractivity contribution in [1.29, 1.82) is 0 Å². The predicted molar refractivity (Wildman–Crippen MR) is 103 cm³/mol. The molecule has 0 spiro atoms. The van der Waals surface area contributed by atoms with Gasteiger partial charge in [0.25, 0.3) is 11.6 Å². The molecule has 0 atom stereocenters. The van der Waals surface area contributed by atoms with Gasteiger partial charge in [-0.05, 0) is 29.8 Å². The molecule has 1 aliphatic heterocycles. The van der Waals surface area contributed by atoms with E-state index in [0.717, 1.165) is 12.1 Å². The van der Waals surface area contributed by atoms with Crippen LogP contribution in [0.25, 0.3) is 0 Å². The number of carbonyl (C=O) groups excluding carboxylic acids is 1. The highest BCUT2D eigenvalue weighted by Gasteiger charge is 2.36. The molecule has 0 saturated carbocycles. The molecule has 1 amide bonds. The first-order valence-corrected chi connectivity index (χ1v) is 9.02. The molecule has 1 heterocycles. The summed E-state index contributed by atoms with van der Waals surface area (Å²) < 4.78 is 46.0. The number of nitrogens with zero attached hydrogens (tertiary/aromatic N) is 2. The van der Waals surface area contributed by atoms with Crippen molar-refractivity contribution < 1.29 is 27.6 Å². The minimum absolute atomic E-state index is 0.00182. The van der Waals surface area contributed by atoms with E-state index in [1.54, 1.807) is 4.90 Å². The summed E-state index contributed by atoms with van der Waals surface area (Å²) in [7, 11) is 0. The van der Waals surface area contributed by atoms with Gasteiger partial charge in [0.15, 0.2) is 0 Å². The number of nitrogen functional groups attached to an aromatic ring is 1. The number of ether oxygens (including phenoxy) is 1. The number of amides is 1. The average molecular weight is 424 g/mol. The first kappa shape index (κ1) is 21.4. The first-order chi connectivity index (χ1) is 14.2. The third kappa shape index (κ3) is 4.79. The molecule has 1 aliphatic rings. The Kier molecular flexibility index (Phi) is 6.11. The Labute approximate surface area is 169 Å². The van der Waals surface area contributed by atoms with Crippen molar-refractivity contribution in [1.82, 2.24) is 5.32 Å². The molecule has 0 aliphatic carbocycles. The van der Waals surface area contributed by atoms with Crippen molar-refractivity contribution in [3.05, 3.63) is 63.2 Å². The fourth-order valence-corrected chi connectivity index (χ4v) is 3.12. The second kappa shape index (κ2) is 8.57. The monoisotopic (exact) mass is 424 g/mol. The van der Waals surface area contributed by atoms with Crippen LogP contribution in [-0.2, 0) is 17.5 Å². The van der Waals surface area contributed by atoms with Gasteiger partial charge in [0.1, 0.15) is 0 Å². The van der Waals surface area contributed by atoms with Gasteiger partial charge in [0.2, 0.25) is 0 Å². The van der Waals surface area contributed by atoms with Crippen molar-refractivity contribution in [2.45, 2.75) is 12.7 Å². The summed E-state index contributed by atoms with van der Waals surface area (Å²) >= 11 is 0. The Balaban J connectivity index is 1.78. The second-order valence-electron chi connectivity index (χ2n) is 6.65. The lowest BCUT2D eigenvalue weighted by Crippen LogP contribution is -2.37. The van der Waals surface area contributed by atoms with Crippen molar-refractivity contribution in [2.24, 2.45) is 0 Å². The van der Waals surface area contributed by atoms with Crippen LogP contribution in [0.3, 0.4) is 0 Å². The van der Waals surface area contributed by atoms with Gasteiger partial charge in [-0.25, -0.2) is 0 Å². The zero-order chi connectivity index (χ0) is 21.9. The number of alkyl halides is 3. The number of hydrogen-bond donors (Lipinski definition) is 2. The summed E-state index contributed by atoms with van der Waals surface area (Å²) in [6.45, 7) is 1.23. The van der Waals surface area contributed by atoms with Gasteiger partial charge < -0.3 is 20.7 Å². The lowest BCUT2D eigenvalue weighted by molar-refractivity contribution is -0.384. The van der Waals surface area contributed by atoms with Crippen LogP contribution in [0.2, 0.25) is 0 Å². The number of nitrogens with two attached hydrogens (primary N) is 1. The van der Waals surface area contributed by atoms with E-state index >= 15 is 0 Å². The van der Waals surface area contributed by atoms with E-state index < -0.39 is 22.6 Å². The fraction of sp³-hybridized carbons (Fsp3) is 0.316. The molecule has 0 aromatic heterocycles. The molecular formula is C19H19F3N4O4. The van der Waals surface area contributed by atoms with Gasteiger partial charge in [-0.3, -0.25) is 14.9 Å². The Morgan fingerprint density at radius 1 is 1.20 bits per heavy atom.